The molecule has 0 atom stereocenters. The van der Waals surface area contributed by atoms with E-state index < -0.39 is 29.6 Å². The van der Waals surface area contributed by atoms with E-state index in [0.29, 0.717) is 0 Å². The van der Waals surface area contributed by atoms with Gasteiger partial charge in [-0.2, -0.15) is 0 Å². The molecule has 2 aromatic heterocycles. The summed E-state index contributed by atoms with van der Waals surface area (Å²) in [4.78, 5) is 32.2. The Balaban J connectivity index is 1.80. The van der Waals surface area contributed by atoms with E-state index in [-0.39, 0.29) is 32.1 Å². The third-order valence-electron chi connectivity index (χ3n) is 3.58. The Morgan fingerprint density at radius 2 is 1.86 bits per heavy atom. The molecule has 1 aromatic carbocycles. The van der Waals surface area contributed by atoms with Gasteiger partial charge < -0.3 is 16.4 Å². The molecule has 2 amide bonds. The first kappa shape index (κ1) is 20.6. The fourth-order valence-electron chi connectivity index (χ4n) is 2.19. The van der Waals surface area contributed by atoms with E-state index in [1.165, 1.54) is 6.20 Å². The smallest absolute Gasteiger partial charge is 0.267 e. The minimum atomic E-state index is -2.71. The van der Waals surface area contributed by atoms with Crippen molar-refractivity contribution in [1.82, 2.24) is 9.97 Å². The number of alkyl halides is 2. The van der Waals surface area contributed by atoms with Gasteiger partial charge in [0, 0.05) is 11.8 Å². The van der Waals surface area contributed by atoms with E-state index in [1.54, 1.807) is 0 Å². The maximum Gasteiger partial charge on any atom is 0.267 e. The van der Waals surface area contributed by atoms with Gasteiger partial charge in [-0.15, -0.1) is 0 Å². The van der Waals surface area contributed by atoms with Crippen LogP contribution in [0.15, 0.2) is 36.7 Å². The first-order valence-electron chi connectivity index (χ1n) is 7.81. The van der Waals surface area contributed by atoms with Crippen molar-refractivity contribution in [2.24, 2.45) is 0 Å². The third kappa shape index (κ3) is 4.81. The zero-order chi connectivity index (χ0) is 21.1. The number of aromatic nitrogens is 2. The number of nitrogen functional groups attached to an aromatic ring is 1. The number of nitrogens with zero attached hydrogens (tertiary/aromatic N) is 2. The molecule has 2 heterocycles. The summed E-state index contributed by atoms with van der Waals surface area (Å²) >= 11 is 6.88. The number of hydrogen-bond acceptors (Lipinski definition) is 6. The maximum absolute atomic E-state index is 14.2. The van der Waals surface area contributed by atoms with Gasteiger partial charge in [0.25, 0.3) is 18.2 Å². The number of hydrogen-bond donors (Lipinski definition) is 3. The van der Waals surface area contributed by atoms with Gasteiger partial charge in [0.1, 0.15) is 16.5 Å². The first-order valence-corrected chi connectivity index (χ1v) is 9.01. The van der Waals surface area contributed by atoms with E-state index in [2.05, 4.69) is 20.6 Å². The third-order valence-corrected chi connectivity index (χ3v) is 4.71. The number of thiazole rings is 1. The van der Waals surface area contributed by atoms with E-state index in [4.69, 9.17) is 17.3 Å². The fourth-order valence-corrected chi connectivity index (χ4v) is 2.96. The standard InChI is InChI=1S/C17H11ClF3N5O2S/c18-9-4-10(19)8(3-11(9)25-16(28)12-6-24-17(22)29-12)15(27)26-13-2-1-7(5-23-13)14(20)21/h1-6,14H,(H2,22,24)(H,25,28)(H,23,26,27). The number of amides is 2. The van der Waals surface area contributed by atoms with Gasteiger partial charge in [-0.3, -0.25) is 9.59 Å². The minimum Gasteiger partial charge on any atom is -0.375 e. The predicted octanol–water partition coefficient (Wildman–Crippen LogP) is 4.36. The molecule has 0 bridgehead atoms. The molecule has 0 spiro atoms. The minimum absolute atomic E-state index is 0.0174. The number of carbonyl (C=O) groups is 2. The second-order valence-corrected chi connectivity index (χ2v) is 7.03. The molecule has 0 unspecified atom stereocenters. The Morgan fingerprint density at radius 1 is 1.10 bits per heavy atom. The first-order chi connectivity index (χ1) is 13.7. The van der Waals surface area contributed by atoms with Crippen molar-refractivity contribution in [3.05, 3.63) is 63.5 Å². The number of halogens is 4. The highest BCUT2D eigenvalue weighted by Gasteiger charge is 2.19. The van der Waals surface area contributed by atoms with Crippen LogP contribution in [0.3, 0.4) is 0 Å². The highest BCUT2D eigenvalue weighted by molar-refractivity contribution is 7.17. The van der Waals surface area contributed by atoms with Crippen LogP contribution in [0.4, 0.5) is 29.8 Å². The van der Waals surface area contributed by atoms with E-state index in [1.807, 2.05) is 0 Å². The molecule has 0 radical (unpaired) electrons. The molecule has 3 aromatic rings. The van der Waals surface area contributed by atoms with Crippen LogP contribution in [0.5, 0.6) is 0 Å². The van der Waals surface area contributed by atoms with Crippen molar-refractivity contribution in [2.75, 3.05) is 16.4 Å². The highest BCUT2D eigenvalue weighted by atomic mass is 35.5. The number of pyridine rings is 1. The zero-order valence-corrected chi connectivity index (χ0v) is 15.8. The van der Waals surface area contributed by atoms with Gasteiger partial charge in [-0.05, 0) is 24.3 Å². The molecule has 0 saturated carbocycles. The lowest BCUT2D eigenvalue weighted by Crippen LogP contribution is -2.17. The summed E-state index contributed by atoms with van der Waals surface area (Å²) in [5, 5.41) is 4.78. The van der Waals surface area contributed by atoms with E-state index >= 15 is 0 Å². The summed E-state index contributed by atoms with van der Waals surface area (Å²) < 4.78 is 39.3. The molecule has 29 heavy (non-hydrogen) atoms. The van der Waals surface area contributed by atoms with Gasteiger partial charge in [0.15, 0.2) is 5.13 Å². The molecule has 0 fully saturated rings. The predicted molar refractivity (Wildman–Crippen MR) is 103 cm³/mol. The van der Waals surface area contributed by atoms with Crippen LogP contribution < -0.4 is 16.4 Å². The maximum atomic E-state index is 14.2. The Morgan fingerprint density at radius 3 is 2.45 bits per heavy atom. The van der Waals surface area contributed by atoms with Crippen LogP contribution in [0.25, 0.3) is 0 Å². The number of carbonyl (C=O) groups excluding carboxylic acids is 2. The zero-order valence-electron chi connectivity index (χ0n) is 14.2. The van der Waals surface area contributed by atoms with Crippen molar-refractivity contribution in [3.63, 3.8) is 0 Å². The Hall–Kier alpha value is -3.18. The lowest BCUT2D eigenvalue weighted by atomic mass is 10.1. The quantitative estimate of drug-likeness (QED) is 0.545. The van der Waals surface area contributed by atoms with Crippen molar-refractivity contribution in [3.8, 4) is 0 Å². The molecule has 0 aliphatic heterocycles. The number of rotatable bonds is 5. The molecule has 150 valence electrons. The second kappa shape index (κ2) is 8.45. The molecule has 0 aliphatic carbocycles. The van der Waals surface area contributed by atoms with Crippen molar-refractivity contribution in [2.45, 2.75) is 6.43 Å². The molecular formula is C17H11ClF3N5O2S. The van der Waals surface area contributed by atoms with Crippen molar-refractivity contribution < 1.29 is 22.8 Å². The van der Waals surface area contributed by atoms with Crippen molar-refractivity contribution >= 4 is 51.4 Å². The van der Waals surface area contributed by atoms with Crippen molar-refractivity contribution in [1.29, 1.82) is 0 Å². The van der Waals surface area contributed by atoms with Gasteiger partial charge in [-0.1, -0.05) is 22.9 Å². The average Bonchev–Trinajstić information content (AvgIpc) is 3.10. The molecule has 0 saturated heterocycles. The SMILES string of the molecule is Nc1ncc(C(=O)Nc2cc(C(=O)Nc3ccc(C(F)F)cn3)c(F)cc2Cl)s1. The Kier molecular flexibility index (Phi) is 5.99. The number of nitrogens with one attached hydrogen (secondary N) is 2. The van der Waals surface area contributed by atoms with Crippen LogP contribution >= 0.6 is 22.9 Å². The van der Waals surface area contributed by atoms with Gasteiger partial charge >= 0.3 is 0 Å². The van der Waals surface area contributed by atoms with Crippen LogP contribution in [0.1, 0.15) is 32.0 Å². The summed E-state index contributed by atoms with van der Waals surface area (Å²) in [7, 11) is 0. The van der Waals surface area contributed by atoms with Crippen LogP contribution in [0.2, 0.25) is 5.02 Å². The van der Waals surface area contributed by atoms with E-state index in [0.717, 1.165) is 41.8 Å². The van der Waals surface area contributed by atoms with Crippen LogP contribution in [-0.4, -0.2) is 21.8 Å². The fraction of sp³-hybridized carbons (Fsp3) is 0.0588. The summed E-state index contributed by atoms with van der Waals surface area (Å²) in [6.07, 6.45) is -0.555. The monoisotopic (exact) mass is 441 g/mol. The number of benzene rings is 1. The largest absolute Gasteiger partial charge is 0.375 e. The summed E-state index contributed by atoms with van der Waals surface area (Å²) in [6, 6.07) is 4.14. The van der Waals surface area contributed by atoms with Gasteiger partial charge in [0.05, 0.1) is 22.5 Å². The Labute approximate surface area is 170 Å². The molecule has 4 N–H and O–H groups in total. The summed E-state index contributed by atoms with van der Waals surface area (Å²) in [5.74, 6) is -2.51. The van der Waals surface area contributed by atoms with E-state index in [9.17, 15) is 22.8 Å². The number of nitrogens with two attached hydrogens (primary N) is 1. The molecule has 12 heteroatoms. The Bertz CT molecular complexity index is 1080. The number of anilines is 3. The highest BCUT2D eigenvalue weighted by Crippen LogP contribution is 2.27. The van der Waals surface area contributed by atoms with Gasteiger partial charge in [0.2, 0.25) is 0 Å². The topological polar surface area (TPSA) is 110 Å². The van der Waals surface area contributed by atoms with Gasteiger partial charge in [-0.25, -0.2) is 23.1 Å². The summed E-state index contributed by atoms with van der Waals surface area (Å²) in [5.41, 5.74) is 4.69. The van der Waals surface area contributed by atoms with Crippen LogP contribution in [0, 0.1) is 5.82 Å². The lowest BCUT2D eigenvalue weighted by molar-refractivity contribution is 0.101. The van der Waals surface area contributed by atoms with Crippen LogP contribution in [-0.2, 0) is 0 Å². The normalized spacial score (nSPS) is 10.8. The molecule has 3 rings (SSSR count). The molecule has 7 nitrogen and oxygen atoms in total. The average molecular weight is 442 g/mol. The summed E-state index contributed by atoms with van der Waals surface area (Å²) in [6.45, 7) is 0. The molecule has 0 aliphatic rings. The lowest BCUT2D eigenvalue weighted by Gasteiger charge is -2.11. The second-order valence-electron chi connectivity index (χ2n) is 5.56. The molecular weight excluding hydrogens is 431 g/mol.